The second-order valence-electron chi connectivity index (χ2n) is 4.72. The van der Waals surface area contributed by atoms with E-state index >= 15 is 0 Å². The maximum absolute atomic E-state index is 11.4. The first-order valence-electron chi connectivity index (χ1n) is 7.47. The maximum atomic E-state index is 11.4. The Hall–Kier alpha value is -1.49. The summed E-state index contributed by atoms with van der Waals surface area (Å²) in [4.78, 5) is 22.8. The van der Waals surface area contributed by atoms with Gasteiger partial charge >= 0.3 is 27.1 Å². The maximum Gasteiger partial charge on any atom is 1.10 e. The molecule has 0 aromatic heterocycles. The van der Waals surface area contributed by atoms with Crippen LogP contribution in [0.5, 0.6) is 0 Å². The van der Waals surface area contributed by atoms with Crippen molar-refractivity contribution in [2.45, 2.75) is 47.6 Å². The smallest absolute Gasteiger partial charge is 0.591 e. The van der Waals surface area contributed by atoms with Crippen LogP contribution in [0.2, 0.25) is 0 Å². The van der Waals surface area contributed by atoms with E-state index in [0.717, 1.165) is 0 Å². The number of rotatable bonds is 10. The molecule has 0 aliphatic carbocycles. The molecule has 0 radical (unpaired) electrons. The molecule has 130 valence electrons. The van der Waals surface area contributed by atoms with Gasteiger partial charge in [-0.05, 0) is 41.5 Å². The van der Waals surface area contributed by atoms with Crippen LogP contribution in [0.3, 0.4) is 0 Å². The zero-order chi connectivity index (χ0) is 17.8. The van der Waals surface area contributed by atoms with Crippen LogP contribution in [0.1, 0.15) is 41.5 Å². The van der Waals surface area contributed by atoms with Crippen molar-refractivity contribution in [2.75, 3.05) is 13.2 Å². The van der Waals surface area contributed by atoms with E-state index in [9.17, 15) is 9.59 Å². The minimum absolute atomic E-state index is 0.127. The minimum Gasteiger partial charge on any atom is -0.591 e. The van der Waals surface area contributed by atoms with Gasteiger partial charge in [0.25, 0.3) is 0 Å². The molecule has 0 saturated heterocycles. The molecule has 0 spiro atoms. The predicted molar refractivity (Wildman–Crippen MR) is 84.9 cm³/mol. The van der Waals surface area contributed by atoms with Crippen LogP contribution in [0.15, 0.2) is 23.7 Å². The summed E-state index contributed by atoms with van der Waals surface area (Å²) in [7, 11) is 0. The molecule has 0 heterocycles. The Labute approximate surface area is 142 Å². The van der Waals surface area contributed by atoms with E-state index in [2.05, 4.69) is 0 Å². The molecule has 0 aromatic carbocycles. The minimum atomic E-state index is -2.62. The molecule has 0 atom stereocenters. The van der Waals surface area contributed by atoms with Gasteiger partial charge in [-0.1, -0.05) is 0 Å². The van der Waals surface area contributed by atoms with E-state index in [1.807, 2.05) is 13.8 Å². The van der Waals surface area contributed by atoms with Crippen molar-refractivity contribution in [3.8, 4) is 0 Å². The van der Waals surface area contributed by atoms with Crippen LogP contribution in [-0.4, -0.2) is 46.4 Å². The number of allylic oxidation sites excluding steroid dienone is 2. The third-order valence-electron chi connectivity index (χ3n) is 2.16. The molecule has 0 aromatic rings. The van der Waals surface area contributed by atoms with E-state index in [4.69, 9.17) is 20.8 Å². The Balaban J connectivity index is 4.81. The zero-order valence-electron chi connectivity index (χ0n) is 14.6. The quantitative estimate of drug-likeness (QED) is 0.260. The summed E-state index contributed by atoms with van der Waals surface area (Å²) in [6, 6.07) is 0. The van der Waals surface area contributed by atoms with E-state index in [-0.39, 0.29) is 19.3 Å². The number of hydrogen-bond acceptors (Lipinski definition) is 7. The van der Waals surface area contributed by atoms with Crippen LogP contribution in [0.25, 0.3) is 0 Å². The van der Waals surface area contributed by atoms with Crippen LogP contribution < -0.4 is 0 Å². The molecule has 0 saturated carbocycles. The second kappa shape index (κ2) is 12.0. The fourth-order valence-electron chi connectivity index (χ4n) is 1.37. The summed E-state index contributed by atoms with van der Waals surface area (Å²) < 4.78 is 26.3. The topological polar surface area (TPSA) is 80.3 Å². The highest BCUT2D eigenvalue weighted by Gasteiger charge is 2.41. The molecule has 0 fully saturated rings. The largest absolute Gasteiger partial charge is 1.10 e. The van der Waals surface area contributed by atoms with Crippen LogP contribution >= 0.6 is 0 Å². The SMILES string of the molecule is CCOC(=O)C=C(C)[O][Al]([O]C(C)=CC(=O)OCC)[O]C(C)C. The third-order valence-corrected chi connectivity index (χ3v) is 4.06. The van der Waals surface area contributed by atoms with Crippen LogP contribution in [0.4, 0.5) is 0 Å². The Bertz CT molecular complexity index is 407. The van der Waals surface area contributed by atoms with Crippen molar-refractivity contribution >= 4 is 27.1 Å². The van der Waals surface area contributed by atoms with Crippen molar-refractivity contribution in [3.63, 3.8) is 0 Å². The van der Waals surface area contributed by atoms with Crippen molar-refractivity contribution in [2.24, 2.45) is 0 Å². The van der Waals surface area contributed by atoms with Gasteiger partial charge in [-0.25, -0.2) is 9.59 Å². The molecule has 7 nitrogen and oxygen atoms in total. The second-order valence-corrected chi connectivity index (χ2v) is 6.04. The lowest BCUT2D eigenvalue weighted by Gasteiger charge is -2.18. The Kier molecular flexibility index (Phi) is 11.2. The molecule has 0 N–H and O–H groups in total. The summed E-state index contributed by atoms with van der Waals surface area (Å²) in [5.41, 5.74) is 0. The highest BCUT2D eigenvalue weighted by molar-refractivity contribution is 6.37. The van der Waals surface area contributed by atoms with Crippen molar-refractivity contribution in [3.05, 3.63) is 23.7 Å². The average Bonchev–Trinajstić information content (AvgIpc) is 2.37. The summed E-state index contributed by atoms with van der Waals surface area (Å²) in [6.45, 7) is 10.9. The molecule has 0 rings (SSSR count). The van der Waals surface area contributed by atoms with Crippen LogP contribution in [-0.2, 0) is 30.4 Å². The Morgan fingerprint density at radius 2 is 1.30 bits per heavy atom. The fraction of sp³-hybridized carbons (Fsp3) is 0.600. The lowest BCUT2D eigenvalue weighted by molar-refractivity contribution is -0.138. The summed E-state index contributed by atoms with van der Waals surface area (Å²) in [6.07, 6.45) is 2.32. The first-order valence-corrected chi connectivity index (χ1v) is 8.88. The monoisotopic (exact) mass is 344 g/mol. The third kappa shape index (κ3) is 11.7. The van der Waals surface area contributed by atoms with Gasteiger partial charge in [0.2, 0.25) is 0 Å². The lowest BCUT2D eigenvalue weighted by Crippen LogP contribution is -2.29. The summed E-state index contributed by atoms with van der Waals surface area (Å²) in [5, 5.41) is 0. The lowest BCUT2D eigenvalue weighted by atomic mass is 10.5. The zero-order valence-corrected chi connectivity index (χ0v) is 15.7. The van der Waals surface area contributed by atoms with Gasteiger partial charge in [-0.3, -0.25) is 0 Å². The Morgan fingerprint density at radius 1 is 0.913 bits per heavy atom. The molecule has 0 aliphatic heterocycles. The Morgan fingerprint density at radius 3 is 1.61 bits per heavy atom. The molecule has 0 amide bonds. The molecule has 8 heteroatoms. The molecule has 0 bridgehead atoms. The first-order chi connectivity index (χ1) is 10.8. The first kappa shape index (κ1) is 21.5. The van der Waals surface area contributed by atoms with E-state index in [1.165, 1.54) is 12.2 Å². The van der Waals surface area contributed by atoms with Gasteiger partial charge in [0.15, 0.2) is 0 Å². The van der Waals surface area contributed by atoms with Crippen molar-refractivity contribution in [1.82, 2.24) is 0 Å². The van der Waals surface area contributed by atoms with Gasteiger partial charge in [0.05, 0.1) is 36.9 Å². The molecule has 0 unspecified atom stereocenters. The highest BCUT2D eigenvalue weighted by atomic mass is 27.3. The van der Waals surface area contributed by atoms with Gasteiger partial charge in [-0.2, -0.15) is 0 Å². The number of hydrogen-bond donors (Lipinski definition) is 0. The average molecular weight is 344 g/mol. The normalized spacial score (nSPS) is 12.0. The predicted octanol–water partition coefficient (Wildman–Crippen LogP) is 2.36. The van der Waals surface area contributed by atoms with Gasteiger partial charge in [0.1, 0.15) is 0 Å². The molecule has 23 heavy (non-hydrogen) atoms. The highest BCUT2D eigenvalue weighted by Crippen LogP contribution is 2.09. The number of ether oxygens (including phenoxy) is 2. The van der Waals surface area contributed by atoms with Crippen molar-refractivity contribution in [1.29, 1.82) is 0 Å². The van der Waals surface area contributed by atoms with Gasteiger partial charge in [-0.15, -0.1) is 0 Å². The summed E-state index contributed by atoms with van der Waals surface area (Å²) >= 11 is -2.62. The standard InChI is InChI=1S/2C6H10O3.C3H7O.Al/c2*1-3-9-6(8)4-5(2)7;1-3(2)4;/h2*4,7H,3H2,1-2H3;3H,1-2H3;/q;;-1;+3/p-2. The van der Waals surface area contributed by atoms with Gasteiger partial charge in [0, 0.05) is 6.10 Å². The molecular formula is C15H25AlO7. The number of carbonyl (C=O) groups excluding carboxylic acids is 2. The molecule has 0 aliphatic rings. The fourth-order valence-corrected chi connectivity index (χ4v) is 2.72. The van der Waals surface area contributed by atoms with E-state index in [0.29, 0.717) is 11.5 Å². The number of esters is 2. The summed E-state index contributed by atoms with van der Waals surface area (Å²) in [5.74, 6) is -0.350. The van der Waals surface area contributed by atoms with E-state index < -0.39 is 27.1 Å². The van der Waals surface area contributed by atoms with Gasteiger partial charge < -0.3 is 20.8 Å². The van der Waals surface area contributed by atoms with Crippen molar-refractivity contribution < 1.29 is 30.4 Å². The van der Waals surface area contributed by atoms with E-state index in [1.54, 1.807) is 27.7 Å². The molecular weight excluding hydrogens is 319 g/mol. The van der Waals surface area contributed by atoms with Crippen LogP contribution in [0, 0.1) is 0 Å². The number of carbonyl (C=O) groups is 2.